The number of ether oxygens (including phenoxy) is 1. The molecule has 0 atom stereocenters. The third-order valence-electron chi connectivity index (χ3n) is 4.14. The number of carbonyl (C=O) groups is 2. The topological polar surface area (TPSA) is 79.5 Å². The van der Waals surface area contributed by atoms with Crippen LogP contribution in [0.15, 0.2) is 47.1 Å². The van der Waals surface area contributed by atoms with Crippen molar-refractivity contribution in [1.29, 1.82) is 0 Å². The number of halogens is 1. The molecule has 0 aliphatic carbocycles. The van der Waals surface area contributed by atoms with Gasteiger partial charge in [-0.3, -0.25) is 15.0 Å². The summed E-state index contributed by atoms with van der Waals surface area (Å²) >= 11 is 3.40. The summed E-state index contributed by atoms with van der Waals surface area (Å²) in [6, 6.07) is 9.63. The Bertz CT molecular complexity index is 918. The molecule has 0 saturated heterocycles. The number of benzene rings is 2. The SMILES string of the molecule is C=C(CC(=O)Nc1c(C)cc(C)cc1C)NNC(=O)COc1ccc(C)cc1Br. The number of amides is 2. The second-order valence-electron chi connectivity index (χ2n) is 7.00. The highest BCUT2D eigenvalue weighted by Crippen LogP contribution is 2.25. The third kappa shape index (κ3) is 6.94. The molecule has 0 saturated carbocycles. The molecule has 0 radical (unpaired) electrons. The Labute approximate surface area is 179 Å². The van der Waals surface area contributed by atoms with Gasteiger partial charge < -0.3 is 15.5 Å². The van der Waals surface area contributed by atoms with Crippen LogP contribution in [0.4, 0.5) is 5.69 Å². The van der Waals surface area contributed by atoms with Crippen LogP contribution in [0.5, 0.6) is 5.75 Å². The lowest BCUT2D eigenvalue weighted by atomic mass is 10.0. The molecule has 2 aromatic carbocycles. The maximum atomic E-state index is 12.3. The van der Waals surface area contributed by atoms with Crippen molar-refractivity contribution in [2.24, 2.45) is 0 Å². The number of rotatable bonds is 8. The van der Waals surface area contributed by atoms with Gasteiger partial charge in [0.15, 0.2) is 6.61 Å². The summed E-state index contributed by atoms with van der Waals surface area (Å²) in [5, 5.41) is 2.90. The number of nitrogens with one attached hydrogen (secondary N) is 3. The van der Waals surface area contributed by atoms with Crippen LogP contribution >= 0.6 is 15.9 Å². The van der Waals surface area contributed by atoms with Crippen molar-refractivity contribution in [1.82, 2.24) is 10.9 Å². The van der Waals surface area contributed by atoms with Gasteiger partial charge in [0, 0.05) is 11.4 Å². The fourth-order valence-electron chi connectivity index (χ4n) is 2.86. The highest BCUT2D eigenvalue weighted by molar-refractivity contribution is 9.10. The van der Waals surface area contributed by atoms with Crippen molar-refractivity contribution < 1.29 is 14.3 Å². The number of aryl methyl sites for hydroxylation is 4. The molecule has 7 heteroatoms. The number of hydrazine groups is 1. The largest absolute Gasteiger partial charge is 0.483 e. The van der Waals surface area contributed by atoms with Gasteiger partial charge in [-0.2, -0.15) is 0 Å². The lowest BCUT2D eigenvalue weighted by Crippen LogP contribution is -2.40. The molecule has 0 aliphatic rings. The molecule has 2 amide bonds. The van der Waals surface area contributed by atoms with Gasteiger partial charge in [-0.05, 0) is 72.4 Å². The lowest BCUT2D eigenvalue weighted by Gasteiger charge is -2.15. The summed E-state index contributed by atoms with van der Waals surface area (Å²) in [6.07, 6.45) is 0.0252. The first-order valence-corrected chi connectivity index (χ1v) is 9.94. The van der Waals surface area contributed by atoms with E-state index >= 15 is 0 Å². The molecule has 2 rings (SSSR count). The summed E-state index contributed by atoms with van der Waals surface area (Å²) in [5.41, 5.74) is 10.5. The Balaban J connectivity index is 1.77. The van der Waals surface area contributed by atoms with Crippen LogP contribution in [0.3, 0.4) is 0 Å². The Hall–Kier alpha value is -2.80. The molecule has 0 fully saturated rings. The van der Waals surface area contributed by atoms with E-state index in [0.717, 1.165) is 32.4 Å². The second kappa shape index (κ2) is 10.1. The zero-order chi connectivity index (χ0) is 21.6. The van der Waals surface area contributed by atoms with E-state index in [1.807, 2.05) is 52.0 Å². The molecule has 2 aromatic rings. The lowest BCUT2D eigenvalue weighted by molar-refractivity contribution is -0.124. The van der Waals surface area contributed by atoms with Crippen LogP contribution in [-0.2, 0) is 9.59 Å². The van der Waals surface area contributed by atoms with Crippen LogP contribution in [0.1, 0.15) is 28.7 Å². The van der Waals surface area contributed by atoms with Crippen molar-refractivity contribution in [3.8, 4) is 5.75 Å². The van der Waals surface area contributed by atoms with Gasteiger partial charge in [0.05, 0.1) is 10.9 Å². The molecule has 3 N–H and O–H groups in total. The minimum absolute atomic E-state index is 0.0252. The van der Waals surface area contributed by atoms with Crippen molar-refractivity contribution in [3.05, 3.63) is 69.3 Å². The molecule has 0 bridgehead atoms. The summed E-state index contributed by atoms with van der Waals surface area (Å²) in [7, 11) is 0. The monoisotopic (exact) mass is 459 g/mol. The zero-order valence-electron chi connectivity index (χ0n) is 17.1. The normalized spacial score (nSPS) is 10.2. The minimum atomic E-state index is -0.385. The highest BCUT2D eigenvalue weighted by Gasteiger charge is 2.11. The molecule has 0 spiro atoms. The van der Waals surface area contributed by atoms with Crippen LogP contribution in [0, 0.1) is 27.7 Å². The van der Waals surface area contributed by atoms with Crippen LogP contribution in [0.25, 0.3) is 0 Å². The summed E-state index contributed by atoms with van der Waals surface area (Å²) in [5.74, 6) is -0.0244. The first-order chi connectivity index (χ1) is 13.7. The fourth-order valence-corrected chi connectivity index (χ4v) is 3.47. The van der Waals surface area contributed by atoms with E-state index in [0.29, 0.717) is 11.4 Å². The molecule has 0 aromatic heterocycles. The van der Waals surface area contributed by atoms with Gasteiger partial charge in [-0.15, -0.1) is 0 Å². The average molecular weight is 460 g/mol. The van der Waals surface area contributed by atoms with Gasteiger partial charge in [-0.1, -0.05) is 30.3 Å². The molecular formula is C22H26BrN3O3. The molecule has 154 valence electrons. The molecule has 29 heavy (non-hydrogen) atoms. The first-order valence-electron chi connectivity index (χ1n) is 9.15. The molecule has 0 heterocycles. The smallest absolute Gasteiger partial charge is 0.276 e. The number of carbonyl (C=O) groups excluding carboxylic acids is 2. The number of anilines is 1. The van der Waals surface area contributed by atoms with E-state index in [9.17, 15) is 9.59 Å². The van der Waals surface area contributed by atoms with E-state index < -0.39 is 0 Å². The summed E-state index contributed by atoms with van der Waals surface area (Å²) < 4.78 is 6.25. The Morgan fingerprint density at radius 1 is 0.966 bits per heavy atom. The molecule has 0 aliphatic heterocycles. The summed E-state index contributed by atoms with van der Waals surface area (Å²) in [4.78, 5) is 24.2. The predicted molar refractivity (Wildman–Crippen MR) is 119 cm³/mol. The predicted octanol–water partition coefficient (Wildman–Crippen LogP) is 4.22. The first kappa shape index (κ1) is 22.5. The molecule has 0 unspecified atom stereocenters. The standard InChI is InChI=1S/C22H26BrN3O3/c1-13-6-7-19(18(23)10-13)29-12-21(28)26-25-17(5)11-20(27)24-22-15(3)8-14(2)9-16(22)4/h6-10,25H,5,11-12H2,1-4H3,(H,24,27)(H,26,28). The summed E-state index contributed by atoms with van der Waals surface area (Å²) in [6.45, 7) is 11.5. The molecular weight excluding hydrogens is 434 g/mol. The quantitative estimate of drug-likeness (QED) is 0.516. The van der Waals surface area contributed by atoms with E-state index in [2.05, 4.69) is 38.7 Å². The maximum absolute atomic E-state index is 12.3. The average Bonchev–Trinajstić information content (AvgIpc) is 2.62. The van der Waals surface area contributed by atoms with Crippen LogP contribution < -0.4 is 20.9 Å². The van der Waals surface area contributed by atoms with Crippen molar-refractivity contribution in [3.63, 3.8) is 0 Å². The van der Waals surface area contributed by atoms with Gasteiger partial charge in [0.2, 0.25) is 5.91 Å². The number of hydrogen-bond donors (Lipinski definition) is 3. The third-order valence-corrected chi connectivity index (χ3v) is 4.76. The Morgan fingerprint density at radius 2 is 1.62 bits per heavy atom. The van der Waals surface area contributed by atoms with E-state index in [4.69, 9.17) is 4.74 Å². The highest BCUT2D eigenvalue weighted by atomic mass is 79.9. The number of hydrogen-bond acceptors (Lipinski definition) is 4. The van der Waals surface area contributed by atoms with Gasteiger partial charge >= 0.3 is 0 Å². The van der Waals surface area contributed by atoms with Crippen molar-refractivity contribution in [2.45, 2.75) is 34.1 Å². The van der Waals surface area contributed by atoms with E-state index in [1.165, 1.54) is 0 Å². The fraction of sp³-hybridized carbons (Fsp3) is 0.273. The van der Waals surface area contributed by atoms with Crippen LogP contribution in [0.2, 0.25) is 0 Å². The maximum Gasteiger partial charge on any atom is 0.276 e. The zero-order valence-corrected chi connectivity index (χ0v) is 18.7. The van der Waals surface area contributed by atoms with E-state index in [1.54, 1.807) is 6.07 Å². The van der Waals surface area contributed by atoms with Crippen molar-refractivity contribution in [2.75, 3.05) is 11.9 Å². The van der Waals surface area contributed by atoms with E-state index in [-0.39, 0.29) is 24.8 Å². The Morgan fingerprint density at radius 3 is 2.24 bits per heavy atom. The second-order valence-corrected chi connectivity index (χ2v) is 7.85. The van der Waals surface area contributed by atoms with Gasteiger partial charge in [0.25, 0.3) is 5.91 Å². The van der Waals surface area contributed by atoms with Gasteiger partial charge in [-0.25, -0.2) is 0 Å². The van der Waals surface area contributed by atoms with Crippen molar-refractivity contribution >= 4 is 33.4 Å². The Kier molecular flexibility index (Phi) is 7.84. The van der Waals surface area contributed by atoms with Gasteiger partial charge in [0.1, 0.15) is 5.75 Å². The molecule has 6 nitrogen and oxygen atoms in total. The minimum Gasteiger partial charge on any atom is -0.483 e. The van der Waals surface area contributed by atoms with Crippen LogP contribution in [-0.4, -0.2) is 18.4 Å².